The maximum atomic E-state index is 11.3. The normalized spacial score (nSPS) is 19.4. The molecule has 1 aliphatic rings. The smallest absolute Gasteiger partial charge is 0.252 e. The zero-order chi connectivity index (χ0) is 14.1. The lowest BCUT2D eigenvalue weighted by molar-refractivity contribution is 0.00669. The Labute approximate surface area is 123 Å². The van der Waals surface area contributed by atoms with E-state index in [0.29, 0.717) is 5.56 Å². The van der Waals surface area contributed by atoms with Crippen molar-refractivity contribution < 1.29 is 9.53 Å². The van der Waals surface area contributed by atoms with Crippen LogP contribution in [0.2, 0.25) is 0 Å². The SMILES string of the molecule is Cc1cn(CC2CCCCO2)c2cc(C(=O)Cl)ccc12. The van der Waals surface area contributed by atoms with Gasteiger partial charge in [-0.25, -0.2) is 0 Å². The van der Waals surface area contributed by atoms with Gasteiger partial charge in [-0.3, -0.25) is 4.79 Å². The number of hydrogen-bond acceptors (Lipinski definition) is 2. The summed E-state index contributed by atoms with van der Waals surface area (Å²) in [7, 11) is 0. The van der Waals surface area contributed by atoms with Crippen LogP contribution >= 0.6 is 11.6 Å². The highest BCUT2D eigenvalue weighted by atomic mass is 35.5. The monoisotopic (exact) mass is 291 g/mol. The van der Waals surface area contributed by atoms with E-state index in [1.807, 2.05) is 12.1 Å². The van der Waals surface area contributed by atoms with E-state index in [2.05, 4.69) is 17.7 Å². The second-order valence-electron chi connectivity index (χ2n) is 5.46. The molecule has 20 heavy (non-hydrogen) atoms. The first-order valence-corrected chi connectivity index (χ1v) is 7.44. The molecular formula is C16H18ClNO2. The Balaban J connectivity index is 1.96. The molecule has 0 N–H and O–H groups in total. The Hall–Kier alpha value is -1.32. The van der Waals surface area contributed by atoms with Crippen LogP contribution in [0.15, 0.2) is 24.4 Å². The number of aryl methyl sites for hydroxylation is 1. The number of nitrogens with zero attached hydrogens (tertiary/aromatic N) is 1. The minimum absolute atomic E-state index is 0.272. The van der Waals surface area contributed by atoms with Crippen LogP contribution in [0, 0.1) is 6.92 Å². The number of carbonyl (C=O) groups is 1. The molecule has 3 rings (SSSR count). The van der Waals surface area contributed by atoms with Gasteiger partial charge >= 0.3 is 0 Å². The fraction of sp³-hybridized carbons (Fsp3) is 0.438. The van der Waals surface area contributed by atoms with Crippen molar-refractivity contribution >= 4 is 27.7 Å². The molecule has 3 nitrogen and oxygen atoms in total. The van der Waals surface area contributed by atoms with Gasteiger partial charge in [0, 0.05) is 35.8 Å². The molecule has 0 bridgehead atoms. The molecule has 0 aliphatic carbocycles. The van der Waals surface area contributed by atoms with Crippen LogP contribution in [0.3, 0.4) is 0 Å². The van der Waals surface area contributed by atoms with Gasteiger partial charge in [0.05, 0.1) is 6.10 Å². The number of rotatable bonds is 3. The molecule has 1 atom stereocenters. The quantitative estimate of drug-likeness (QED) is 0.803. The third-order valence-electron chi connectivity index (χ3n) is 3.98. The molecule has 0 spiro atoms. The molecule has 1 fully saturated rings. The van der Waals surface area contributed by atoms with E-state index in [0.717, 1.165) is 31.5 Å². The van der Waals surface area contributed by atoms with Crippen molar-refractivity contribution in [2.75, 3.05) is 6.61 Å². The van der Waals surface area contributed by atoms with Crippen LogP contribution in [0.25, 0.3) is 10.9 Å². The highest BCUT2D eigenvalue weighted by Gasteiger charge is 2.16. The van der Waals surface area contributed by atoms with Crippen LogP contribution in [-0.4, -0.2) is 22.5 Å². The van der Waals surface area contributed by atoms with E-state index < -0.39 is 5.24 Å². The summed E-state index contributed by atoms with van der Waals surface area (Å²) in [5.41, 5.74) is 2.82. The Morgan fingerprint density at radius 1 is 1.45 bits per heavy atom. The maximum absolute atomic E-state index is 11.3. The van der Waals surface area contributed by atoms with Crippen molar-refractivity contribution in [3.63, 3.8) is 0 Å². The highest BCUT2D eigenvalue weighted by Crippen LogP contribution is 2.25. The van der Waals surface area contributed by atoms with Crippen molar-refractivity contribution in [2.24, 2.45) is 0 Å². The Morgan fingerprint density at radius 2 is 2.30 bits per heavy atom. The molecule has 2 aromatic rings. The van der Waals surface area contributed by atoms with Gasteiger partial charge in [-0.1, -0.05) is 6.07 Å². The van der Waals surface area contributed by atoms with Gasteiger partial charge in [0.2, 0.25) is 0 Å². The van der Waals surface area contributed by atoms with Gasteiger partial charge in [-0.2, -0.15) is 0 Å². The molecule has 1 saturated heterocycles. The van der Waals surface area contributed by atoms with E-state index in [1.165, 1.54) is 17.4 Å². The number of fused-ring (bicyclic) bond motifs is 1. The van der Waals surface area contributed by atoms with Crippen molar-refractivity contribution in [1.82, 2.24) is 4.57 Å². The van der Waals surface area contributed by atoms with Crippen molar-refractivity contribution in [3.8, 4) is 0 Å². The summed E-state index contributed by atoms with van der Waals surface area (Å²) >= 11 is 5.58. The van der Waals surface area contributed by atoms with Gasteiger partial charge < -0.3 is 9.30 Å². The number of ether oxygens (including phenoxy) is 1. The summed E-state index contributed by atoms with van der Waals surface area (Å²) in [5, 5.41) is 0.758. The first-order valence-electron chi connectivity index (χ1n) is 7.06. The van der Waals surface area contributed by atoms with Gasteiger partial charge in [0.15, 0.2) is 0 Å². The molecule has 1 aliphatic heterocycles. The number of benzene rings is 1. The number of carbonyl (C=O) groups excluding carboxylic acids is 1. The van der Waals surface area contributed by atoms with Crippen LogP contribution in [-0.2, 0) is 11.3 Å². The number of halogens is 1. The predicted molar refractivity (Wildman–Crippen MR) is 80.4 cm³/mol. The zero-order valence-electron chi connectivity index (χ0n) is 11.6. The van der Waals surface area contributed by atoms with Crippen LogP contribution < -0.4 is 0 Å². The molecule has 106 valence electrons. The Kier molecular flexibility index (Phi) is 3.81. The Morgan fingerprint density at radius 3 is 3.00 bits per heavy atom. The molecule has 1 aromatic heterocycles. The summed E-state index contributed by atoms with van der Waals surface area (Å²) in [4.78, 5) is 11.3. The van der Waals surface area contributed by atoms with E-state index in [4.69, 9.17) is 16.3 Å². The van der Waals surface area contributed by atoms with Gasteiger partial charge in [-0.15, -0.1) is 0 Å². The van der Waals surface area contributed by atoms with Crippen molar-refractivity contribution in [1.29, 1.82) is 0 Å². The second-order valence-corrected chi connectivity index (χ2v) is 5.80. The van der Waals surface area contributed by atoms with Crippen LogP contribution in [0.5, 0.6) is 0 Å². The maximum Gasteiger partial charge on any atom is 0.252 e. The lowest BCUT2D eigenvalue weighted by Crippen LogP contribution is -2.24. The molecule has 1 aromatic carbocycles. The van der Waals surface area contributed by atoms with Crippen LogP contribution in [0.4, 0.5) is 0 Å². The summed E-state index contributed by atoms with van der Waals surface area (Å²) in [6, 6.07) is 5.63. The average molecular weight is 292 g/mol. The van der Waals surface area contributed by atoms with E-state index >= 15 is 0 Å². The first kappa shape index (κ1) is 13.7. The summed E-state index contributed by atoms with van der Waals surface area (Å²) in [6.45, 7) is 3.78. The van der Waals surface area contributed by atoms with Gasteiger partial charge in [0.25, 0.3) is 5.24 Å². The zero-order valence-corrected chi connectivity index (χ0v) is 12.3. The van der Waals surface area contributed by atoms with Gasteiger partial charge in [0.1, 0.15) is 0 Å². The van der Waals surface area contributed by atoms with Crippen LogP contribution in [0.1, 0.15) is 35.2 Å². The minimum atomic E-state index is -0.411. The molecule has 0 saturated carbocycles. The fourth-order valence-electron chi connectivity index (χ4n) is 2.92. The largest absolute Gasteiger partial charge is 0.376 e. The number of hydrogen-bond donors (Lipinski definition) is 0. The lowest BCUT2D eigenvalue weighted by Gasteiger charge is -2.23. The molecule has 0 amide bonds. The van der Waals surface area contributed by atoms with Gasteiger partial charge in [-0.05, 0) is 55.5 Å². The number of aromatic nitrogens is 1. The molecule has 2 heterocycles. The molecule has 0 radical (unpaired) electrons. The second kappa shape index (κ2) is 5.58. The van der Waals surface area contributed by atoms with E-state index in [9.17, 15) is 4.79 Å². The van der Waals surface area contributed by atoms with Crippen molar-refractivity contribution in [3.05, 3.63) is 35.5 Å². The topological polar surface area (TPSA) is 31.2 Å². The predicted octanol–water partition coefficient (Wildman–Crippen LogP) is 3.90. The minimum Gasteiger partial charge on any atom is -0.376 e. The van der Waals surface area contributed by atoms with Crippen molar-refractivity contribution in [2.45, 2.75) is 38.8 Å². The molecular weight excluding hydrogens is 274 g/mol. The summed E-state index contributed by atoms with van der Waals surface area (Å²) < 4.78 is 7.99. The Bertz CT molecular complexity index is 641. The first-order chi connectivity index (χ1) is 9.65. The summed E-state index contributed by atoms with van der Waals surface area (Å²) in [5.74, 6) is 0. The standard InChI is InChI=1S/C16H18ClNO2/c1-11-9-18(10-13-4-2-3-7-20-13)15-8-12(16(17)19)5-6-14(11)15/h5-6,8-9,13H,2-4,7,10H2,1H3. The average Bonchev–Trinajstić information content (AvgIpc) is 2.76. The lowest BCUT2D eigenvalue weighted by atomic mass is 10.1. The van der Waals surface area contributed by atoms with E-state index in [1.54, 1.807) is 6.07 Å². The highest BCUT2D eigenvalue weighted by molar-refractivity contribution is 6.67. The third-order valence-corrected chi connectivity index (χ3v) is 4.20. The molecule has 4 heteroatoms. The van der Waals surface area contributed by atoms with E-state index in [-0.39, 0.29) is 6.10 Å². The fourth-order valence-corrected chi connectivity index (χ4v) is 3.04. The summed E-state index contributed by atoms with van der Waals surface area (Å²) in [6.07, 6.45) is 5.90. The third kappa shape index (κ3) is 2.60. The molecule has 1 unspecified atom stereocenters.